The number of hydrogen-bond donors (Lipinski definition) is 0. The number of fused-ring (bicyclic) bond motifs is 9. The molecule has 0 unspecified atom stereocenters. The molecule has 0 saturated carbocycles. The third-order valence-corrected chi connectivity index (χ3v) is 13.8. The highest BCUT2D eigenvalue weighted by molar-refractivity contribution is 6.34. The zero-order chi connectivity index (χ0) is 44.3. The van der Waals surface area contributed by atoms with E-state index in [2.05, 4.69) is 141 Å². The van der Waals surface area contributed by atoms with Crippen LogP contribution in [0.2, 0.25) is 0 Å². The van der Waals surface area contributed by atoms with E-state index in [1.807, 2.05) is 79.1 Å². The van der Waals surface area contributed by atoms with Gasteiger partial charge in [0.25, 0.3) is 0 Å². The van der Waals surface area contributed by atoms with Crippen LogP contribution in [-0.2, 0) is 0 Å². The van der Waals surface area contributed by atoms with Gasteiger partial charge in [-0.3, -0.25) is 4.98 Å². The van der Waals surface area contributed by atoms with Crippen molar-refractivity contribution in [2.24, 2.45) is 0 Å². The second-order valence-electron chi connectivity index (χ2n) is 17.1. The normalized spacial score (nSPS) is 11.9. The highest BCUT2D eigenvalue weighted by Gasteiger charge is 2.32. The summed E-state index contributed by atoms with van der Waals surface area (Å²) in [4.78, 5) is 9.41. The summed E-state index contributed by atoms with van der Waals surface area (Å²) >= 11 is 0. The SMILES string of the molecule is [C-]#[N+]c1c(-c2ccccc2)c(C#N)c(-n2c3ccccc3c3cc(-c4cccc5oc6ccccc6c45)ccc32)c(-c2ccccc2)c1-n1c2cccc3c4ccccc4c4cncc1c4c32. The summed E-state index contributed by atoms with van der Waals surface area (Å²) in [5.41, 5.74) is 12.8. The van der Waals surface area contributed by atoms with E-state index < -0.39 is 0 Å². The predicted molar refractivity (Wildman–Crippen MR) is 274 cm³/mol. The average molecular weight is 852 g/mol. The van der Waals surface area contributed by atoms with Crippen molar-refractivity contribution in [1.29, 1.82) is 5.26 Å². The molecular weight excluding hydrogens is 819 g/mol. The molecule has 0 aliphatic heterocycles. The van der Waals surface area contributed by atoms with Crippen molar-refractivity contribution >= 4 is 92.8 Å². The molecule has 0 aliphatic carbocycles. The summed E-state index contributed by atoms with van der Waals surface area (Å²) < 4.78 is 10.9. The number of para-hydroxylation sites is 2. The summed E-state index contributed by atoms with van der Waals surface area (Å²) in [6.45, 7) is 9.21. The monoisotopic (exact) mass is 851 g/mol. The summed E-state index contributed by atoms with van der Waals surface area (Å²) in [5, 5.41) is 22.7. The summed E-state index contributed by atoms with van der Waals surface area (Å²) in [6, 6.07) is 67.5. The van der Waals surface area contributed by atoms with Gasteiger partial charge in [0.15, 0.2) is 0 Å². The number of pyridine rings is 1. The Hall–Kier alpha value is -9.49. The minimum absolute atomic E-state index is 0.389. The zero-order valence-electron chi connectivity index (χ0n) is 35.7. The van der Waals surface area contributed by atoms with Crippen LogP contribution in [-0.4, -0.2) is 14.1 Å². The molecule has 14 aromatic rings. The first-order chi connectivity index (χ1) is 33.2. The molecule has 4 heterocycles. The van der Waals surface area contributed by atoms with Crippen molar-refractivity contribution in [1.82, 2.24) is 14.1 Å². The van der Waals surface area contributed by atoms with Gasteiger partial charge in [-0.2, -0.15) is 5.26 Å². The summed E-state index contributed by atoms with van der Waals surface area (Å²) in [7, 11) is 0. The lowest BCUT2D eigenvalue weighted by Crippen LogP contribution is -2.08. The Kier molecular flexibility index (Phi) is 7.72. The number of hydrogen-bond acceptors (Lipinski definition) is 3. The third kappa shape index (κ3) is 5.04. The molecule has 0 aliphatic rings. The van der Waals surface area contributed by atoms with Crippen molar-refractivity contribution in [2.45, 2.75) is 0 Å². The van der Waals surface area contributed by atoms with Crippen LogP contribution in [0.25, 0.3) is 137 Å². The van der Waals surface area contributed by atoms with Crippen LogP contribution in [0.5, 0.6) is 0 Å². The quantitative estimate of drug-likeness (QED) is 0.128. The number of rotatable bonds is 5. The first-order valence-corrected chi connectivity index (χ1v) is 22.3. The van der Waals surface area contributed by atoms with Crippen molar-refractivity contribution in [3.8, 4) is 50.8 Å². The molecular formula is C61H33N5O. The minimum Gasteiger partial charge on any atom is -0.456 e. The van der Waals surface area contributed by atoms with Crippen LogP contribution in [0, 0.1) is 17.9 Å². The maximum Gasteiger partial charge on any atom is 0.220 e. The topological polar surface area (TPSA) is 64.0 Å². The Morgan fingerprint density at radius 2 is 1.04 bits per heavy atom. The van der Waals surface area contributed by atoms with Crippen LogP contribution in [0.4, 0.5) is 5.69 Å². The van der Waals surface area contributed by atoms with Gasteiger partial charge < -0.3 is 13.6 Å². The summed E-state index contributed by atoms with van der Waals surface area (Å²) in [6.07, 6.45) is 3.90. The highest BCUT2D eigenvalue weighted by Crippen LogP contribution is 2.53. The van der Waals surface area contributed by atoms with Gasteiger partial charge in [0.1, 0.15) is 17.2 Å². The highest BCUT2D eigenvalue weighted by atomic mass is 16.3. The number of aromatic nitrogens is 3. The fourth-order valence-corrected chi connectivity index (χ4v) is 11.2. The fraction of sp³-hybridized carbons (Fsp3) is 0. The lowest BCUT2D eigenvalue weighted by atomic mass is 9.88. The third-order valence-electron chi connectivity index (χ3n) is 13.8. The molecule has 10 aromatic carbocycles. The molecule has 0 radical (unpaired) electrons. The molecule has 67 heavy (non-hydrogen) atoms. The molecule has 0 N–H and O–H groups in total. The van der Waals surface area contributed by atoms with Crippen molar-refractivity contribution < 1.29 is 4.42 Å². The second-order valence-corrected chi connectivity index (χ2v) is 17.1. The van der Waals surface area contributed by atoms with Crippen molar-refractivity contribution in [2.75, 3.05) is 0 Å². The van der Waals surface area contributed by atoms with Gasteiger partial charge in [-0.05, 0) is 74.8 Å². The van der Waals surface area contributed by atoms with E-state index in [9.17, 15) is 11.8 Å². The van der Waals surface area contributed by atoms with E-state index in [1.165, 1.54) is 0 Å². The van der Waals surface area contributed by atoms with Gasteiger partial charge in [-0.15, -0.1) is 0 Å². The van der Waals surface area contributed by atoms with E-state index in [-0.39, 0.29) is 0 Å². The Bertz CT molecular complexity index is 4380. The lowest BCUT2D eigenvalue weighted by Gasteiger charge is -2.25. The Morgan fingerprint density at radius 1 is 0.448 bits per heavy atom. The van der Waals surface area contributed by atoms with Gasteiger partial charge in [0, 0.05) is 55.0 Å². The molecule has 6 nitrogen and oxygen atoms in total. The molecule has 6 heteroatoms. The predicted octanol–water partition coefficient (Wildman–Crippen LogP) is 16.3. The van der Waals surface area contributed by atoms with Gasteiger partial charge in [0.2, 0.25) is 5.69 Å². The van der Waals surface area contributed by atoms with Crippen LogP contribution < -0.4 is 0 Å². The average Bonchev–Trinajstić information content (AvgIpc) is 4.06. The van der Waals surface area contributed by atoms with E-state index in [0.29, 0.717) is 28.2 Å². The molecule has 4 aromatic heterocycles. The van der Waals surface area contributed by atoms with Crippen molar-refractivity contribution in [3.63, 3.8) is 0 Å². The van der Waals surface area contributed by atoms with Crippen LogP contribution in [0.15, 0.2) is 205 Å². The first kappa shape index (κ1) is 36.9. The molecule has 0 bridgehead atoms. The number of nitriles is 1. The largest absolute Gasteiger partial charge is 0.456 e. The van der Waals surface area contributed by atoms with Gasteiger partial charge >= 0.3 is 0 Å². The minimum atomic E-state index is 0.389. The fourth-order valence-electron chi connectivity index (χ4n) is 11.2. The second kappa shape index (κ2) is 14.0. The van der Waals surface area contributed by atoms with Gasteiger partial charge in [0.05, 0.1) is 51.8 Å². The standard InChI is InChI=1S/C61H33N5O/c1-63-59-54(36-16-4-2-5-17-36)46(33-62)60(65-48-26-12-10-22-42(48)45-32-38(30-31-49(45)65)39-24-15-29-53-56(39)44-23-11-13-28-52(44)67-53)55(37-18-6-3-7-19-37)61(59)66-50-27-14-25-43-40-20-8-9-21-41(40)47-34-64-35-51(66)58(47)57(43)50/h2-32,34-35H. The lowest BCUT2D eigenvalue weighted by molar-refractivity contribution is 0.669. The number of benzene rings is 10. The molecule has 308 valence electrons. The number of nitrogens with zero attached hydrogens (tertiary/aromatic N) is 5. The first-order valence-electron chi connectivity index (χ1n) is 22.3. The van der Waals surface area contributed by atoms with Gasteiger partial charge in [-0.25, -0.2) is 4.85 Å². The molecule has 0 atom stereocenters. The van der Waals surface area contributed by atoms with Gasteiger partial charge in [-0.1, -0.05) is 152 Å². The Balaban J connectivity index is 1.18. The number of furan rings is 1. The van der Waals surface area contributed by atoms with Crippen LogP contribution in [0.3, 0.4) is 0 Å². The maximum absolute atomic E-state index is 11.8. The molecule has 0 amide bonds. The smallest absolute Gasteiger partial charge is 0.220 e. The van der Waals surface area contributed by atoms with Crippen molar-refractivity contribution in [3.05, 3.63) is 217 Å². The van der Waals surface area contributed by atoms with E-state index in [0.717, 1.165) is 115 Å². The Morgan fingerprint density at radius 3 is 1.82 bits per heavy atom. The molecule has 0 saturated heterocycles. The van der Waals surface area contributed by atoms with E-state index in [4.69, 9.17) is 9.40 Å². The Labute approximate surface area is 383 Å². The molecule has 14 rings (SSSR count). The van der Waals surface area contributed by atoms with E-state index in [1.54, 1.807) is 0 Å². The summed E-state index contributed by atoms with van der Waals surface area (Å²) in [5.74, 6) is 0. The molecule has 0 fully saturated rings. The van der Waals surface area contributed by atoms with Crippen LogP contribution in [0.1, 0.15) is 5.56 Å². The zero-order valence-corrected chi connectivity index (χ0v) is 35.7. The maximum atomic E-state index is 11.8. The van der Waals surface area contributed by atoms with E-state index >= 15 is 0 Å². The molecule has 0 spiro atoms. The van der Waals surface area contributed by atoms with Crippen LogP contribution >= 0.6 is 0 Å².